The number of amides is 3. The number of carbonyl (C=O) groups excluding carboxylic acids is 2. The third kappa shape index (κ3) is 5.11. The molecule has 0 radical (unpaired) electrons. The number of hydrogen-bond acceptors (Lipinski definition) is 2. The van der Waals surface area contributed by atoms with Crippen molar-refractivity contribution in [2.24, 2.45) is 0 Å². The maximum absolute atomic E-state index is 12.9. The highest BCUT2D eigenvalue weighted by Gasteiger charge is 2.21. The van der Waals surface area contributed by atoms with Crippen molar-refractivity contribution in [1.29, 1.82) is 0 Å². The molecule has 3 aromatic carbocycles. The number of para-hydroxylation sites is 1. The van der Waals surface area contributed by atoms with E-state index in [1.54, 1.807) is 6.07 Å². The minimum absolute atomic E-state index is 0.117. The molecule has 0 saturated heterocycles. The molecule has 0 atom stereocenters. The largest absolute Gasteiger partial charge is 0.326 e. The summed E-state index contributed by atoms with van der Waals surface area (Å²) in [5.41, 5.74) is 5.30. The smallest absolute Gasteiger partial charge is 0.326 e. The van der Waals surface area contributed by atoms with Gasteiger partial charge in [-0.3, -0.25) is 9.69 Å². The van der Waals surface area contributed by atoms with E-state index in [9.17, 15) is 9.59 Å². The fraction of sp³-hybridized carbons (Fsp3) is 0.231. The van der Waals surface area contributed by atoms with Crippen LogP contribution in [0.3, 0.4) is 0 Å². The summed E-state index contributed by atoms with van der Waals surface area (Å²) in [6.45, 7) is 2.57. The van der Waals surface area contributed by atoms with E-state index in [1.165, 1.54) is 5.56 Å². The predicted molar refractivity (Wildman–Crippen MR) is 131 cm³/mol. The molecule has 2 N–H and O–H groups in total. The molecule has 0 aromatic heterocycles. The van der Waals surface area contributed by atoms with E-state index in [-0.39, 0.29) is 18.4 Å². The number of carbonyl (C=O) groups is 2. The normalized spacial score (nSPS) is 13.1. The third-order valence-electron chi connectivity index (χ3n) is 5.72. The van der Waals surface area contributed by atoms with Gasteiger partial charge >= 0.3 is 6.03 Å². The third-order valence-corrected chi connectivity index (χ3v) is 6.13. The van der Waals surface area contributed by atoms with Crippen molar-refractivity contribution in [3.63, 3.8) is 0 Å². The Balaban J connectivity index is 1.38. The summed E-state index contributed by atoms with van der Waals surface area (Å²) in [5, 5.41) is 6.51. The summed E-state index contributed by atoms with van der Waals surface area (Å²) in [6.07, 6.45) is 3.28. The van der Waals surface area contributed by atoms with Crippen molar-refractivity contribution in [1.82, 2.24) is 0 Å². The average Bonchev–Trinajstić information content (AvgIpc) is 3.01. The Bertz CT molecular complexity index is 1130. The van der Waals surface area contributed by atoms with Crippen LogP contribution in [0.15, 0.2) is 66.7 Å². The second-order valence-corrected chi connectivity index (χ2v) is 8.41. The number of urea groups is 1. The molecule has 5 nitrogen and oxygen atoms in total. The Labute approximate surface area is 193 Å². The molecule has 0 aliphatic carbocycles. The van der Waals surface area contributed by atoms with E-state index in [4.69, 9.17) is 11.6 Å². The second-order valence-electron chi connectivity index (χ2n) is 8.00. The Kier molecular flexibility index (Phi) is 6.76. The molecule has 0 bridgehead atoms. The van der Waals surface area contributed by atoms with Gasteiger partial charge in [0.2, 0.25) is 5.91 Å². The number of anilines is 3. The van der Waals surface area contributed by atoms with E-state index in [0.717, 1.165) is 36.1 Å². The van der Waals surface area contributed by atoms with Crippen LogP contribution in [-0.4, -0.2) is 18.5 Å². The molecule has 32 heavy (non-hydrogen) atoms. The Hall–Kier alpha value is -3.31. The van der Waals surface area contributed by atoms with Crippen molar-refractivity contribution in [2.75, 3.05) is 22.1 Å². The van der Waals surface area contributed by atoms with Crippen LogP contribution in [0.5, 0.6) is 0 Å². The van der Waals surface area contributed by atoms with Crippen LogP contribution in [0.2, 0.25) is 5.02 Å². The molecule has 0 saturated carbocycles. The minimum atomic E-state index is -0.138. The topological polar surface area (TPSA) is 61.4 Å². The quantitative estimate of drug-likeness (QED) is 0.499. The van der Waals surface area contributed by atoms with E-state index in [1.807, 2.05) is 66.4 Å². The molecule has 0 fully saturated rings. The fourth-order valence-electron chi connectivity index (χ4n) is 3.92. The Morgan fingerprint density at radius 1 is 0.938 bits per heavy atom. The van der Waals surface area contributed by atoms with Gasteiger partial charge in [0.15, 0.2) is 0 Å². The number of halogens is 1. The summed E-state index contributed by atoms with van der Waals surface area (Å²) in [5.74, 6) is -0.117. The first-order chi connectivity index (χ1) is 15.5. The standard InChI is InChI=1S/C26H26ClN3O2/c1-18-22(27)9-6-10-23(18)29-25(31)17-19-12-14-21(15-13-19)28-26(32)30-16-5-4-8-20-7-2-3-11-24(20)30/h2-3,6-7,9-15H,4-5,8,16-17H2,1H3,(H,28,32)(H,29,31). The van der Waals surface area contributed by atoms with Gasteiger partial charge in [-0.05, 0) is 73.2 Å². The average molecular weight is 448 g/mol. The van der Waals surface area contributed by atoms with Crippen LogP contribution < -0.4 is 15.5 Å². The van der Waals surface area contributed by atoms with Gasteiger partial charge in [0.25, 0.3) is 0 Å². The highest BCUT2D eigenvalue weighted by molar-refractivity contribution is 6.31. The molecule has 164 valence electrons. The molecule has 4 rings (SSSR count). The lowest BCUT2D eigenvalue weighted by Crippen LogP contribution is -2.35. The maximum atomic E-state index is 12.9. The van der Waals surface area contributed by atoms with Crippen LogP contribution in [0.25, 0.3) is 0 Å². The molecule has 3 amide bonds. The van der Waals surface area contributed by atoms with Crippen LogP contribution in [0.1, 0.15) is 29.5 Å². The van der Waals surface area contributed by atoms with Crippen LogP contribution >= 0.6 is 11.6 Å². The van der Waals surface area contributed by atoms with E-state index >= 15 is 0 Å². The van der Waals surface area contributed by atoms with Gasteiger partial charge < -0.3 is 10.6 Å². The number of nitrogens with zero attached hydrogens (tertiary/aromatic N) is 1. The van der Waals surface area contributed by atoms with Crippen molar-refractivity contribution < 1.29 is 9.59 Å². The first kappa shape index (κ1) is 21.9. The lowest BCUT2D eigenvalue weighted by atomic mass is 10.1. The van der Waals surface area contributed by atoms with Gasteiger partial charge in [-0.25, -0.2) is 4.79 Å². The zero-order valence-electron chi connectivity index (χ0n) is 18.0. The number of rotatable bonds is 4. The predicted octanol–water partition coefficient (Wildman–Crippen LogP) is 6.20. The highest BCUT2D eigenvalue weighted by atomic mass is 35.5. The zero-order chi connectivity index (χ0) is 22.5. The highest BCUT2D eigenvalue weighted by Crippen LogP contribution is 2.27. The van der Waals surface area contributed by atoms with Crippen LogP contribution in [-0.2, 0) is 17.6 Å². The first-order valence-electron chi connectivity index (χ1n) is 10.8. The van der Waals surface area contributed by atoms with Gasteiger partial charge in [0.1, 0.15) is 0 Å². The van der Waals surface area contributed by atoms with Crippen molar-refractivity contribution in [3.8, 4) is 0 Å². The van der Waals surface area contributed by atoms with Gasteiger partial charge in [-0.2, -0.15) is 0 Å². The molecule has 1 heterocycles. The summed E-state index contributed by atoms with van der Waals surface area (Å²) in [6, 6.07) is 20.7. The summed E-state index contributed by atoms with van der Waals surface area (Å²) < 4.78 is 0. The molecule has 1 aliphatic rings. The van der Waals surface area contributed by atoms with E-state index < -0.39 is 0 Å². The second kappa shape index (κ2) is 9.88. The molecular formula is C26H26ClN3O2. The van der Waals surface area contributed by atoms with Crippen LogP contribution in [0.4, 0.5) is 21.9 Å². The molecule has 0 spiro atoms. The summed E-state index contributed by atoms with van der Waals surface area (Å²) >= 11 is 6.12. The number of fused-ring (bicyclic) bond motifs is 1. The first-order valence-corrected chi connectivity index (χ1v) is 11.2. The zero-order valence-corrected chi connectivity index (χ0v) is 18.8. The Morgan fingerprint density at radius 3 is 2.53 bits per heavy atom. The van der Waals surface area contributed by atoms with Gasteiger partial charge in [-0.15, -0.1) is 0 Å². The number of aryl methyl sites for hydroxylation is 1. The lowest BCUT2D eigenvalue weighted by Gasteiger charge is -2.23. The molecule has 0 unspecified atom stereocenters. The Morgan fingerprint density at radius 2 is 1.72 bits per heavy atom. The molecule has 3 aromatic rings. The monoisotopic (exact) mass is 447 g/mol. The maximum Gasteiger partial charge on any atom is 0.326 e. The van der Waals surface area contributed by atoms with Gasteiger partial charge in [-0.1, -0.05) is 48.0 Å². The molecule has 6 heteroatoms. The van der Waals surface area contributed by atoms with Crippen molar-refractivity contribution >= 4 is 40.6 Å². The SMILES string of the molecule is Cc1c(Cl)cccc1NC(=O)Cc1ccc(NC(=O)N2CCCCc3ccccc32)cc1. The molecular weight excluding hydrogens is 422 g/mol. The number of hydrogen-bond donors (Lipinski definition) is 2. The van der Waals surface area contributed by atoms with E-state index in [0.29, 0.717) is 22.9 Å². The van der Waals surface area contributed by atoms with E-state index in [2.05, 4.69) is 16.7 Å². The van der Waals surface area contributed by atoms with Crippen LogP contribution in [0, 0.1) is 6.92 Å². The minimum Gasteiger partial charge on any atom is -0.326 e. The van der Waals surface area contributed by atoms with Crippen molar-refractivity contribution in [2.45, 2.75) is 32.6 Å². The number of benzene rings is 3. The number of nitrogens with one attached hydrogen (secondary N) is 2. The van der Waals surface area contributed by atoms with Gasteiger partial charge in [0.05, 0.1) is 6.42 Å². The lowest BCUT2D eigenvalue weighted by molar-refractivity contribution is -0.115. The summed E-state index contributed by atoms with van der Waals surface area (Å²) in [4.78, 5) is 27.2. The molecule has 1 aliphatic heterocycles. The van der Waals surface area contributed by atoms with Gasteiger partial charge in [0, 0.05) is 28.6 Å². The van der Waals surface area contributed by atoms with Crippen molar-refractivity contribution in [3.05, 3.63) is 88.4 Å². The summed E-state index contributed by atoms with van der Waals surface area (Å²) in [7, 11) is 0. The fourth-order valence-corrected chi connectivity index (χ4v) is 4.10.